The lowest BCUT2D eigenvalue weighted by atomic mass is 9.89. The summed E-state index contributed by atoms with van der Waals surface area (Å²) < 4.78 is 0. The lowest BCUT2D eigenvalue weighted by Crippen LogP contribution is -2.47. The Balaban J connectivity index is 1.26. The first-order valence-corrected chi connectivity index (χ1v) is 11.8. The molecule has 0 N–H and O–H groups in total. The fourth-order valence-electron chi connectivity index (χ4n) is 5.10. The third kappa shape index (κ3) is 5.51. The number of carbonyl (C=O) groups is 1. The molecular weight excluding hydrogens is 368 g/mol. The standard InChI is InChI=1S/C27H36N2O/c1-2-22-10-12-25(13-11-22)20-28-16-6-9-26(21-28)27(30)29-17-14-24(15-18-29)19-23-7-4-3-5-8-23/h3-5,7-8,10-13,24,26H,2,6,9,14-21H2,1H3/t26-/m1/s1. The van der Waals surface area contributed by atoms with Gasteiger partial charge in [-0.15, -0.1) is 0 Å². The van der Waals surface area contributed by atoms with Crippen molar-refractivity contribution < 1.29 is 4.79 Å². The van der Waals surface area contributed by atoms with Crippen LogP contribution in [0.15, 0.2) is 54.6 Å². The Kier molecular flexibility index (Phi) is 7.22. The number of hydrogen-bond donors (Lipinski definition) is 0. The third-order valence-corrected chi connectivity index (χ3v) is 6.99. The van der Waals surface area contributed by atoms with Gasteiger partial charge in [-0.3, -0.25) is 9.69 Å². The number of nitrogens with zero attached hydrogens (tertiary/aromatic N) is 2. The topological polar surface area (TPSA) is 23.6 Å². The third-order valence-electron chi connectivity index (χ3n) is 6.99. The summed E-state index contributed by atoms with van der Waals surface area (Å²) in [4.78, 5) is 17.8. The Morgan fingerprint density at radius 1 is 0.867 bits per heavy atom. The monoisotopic (exact) mass is 404 g/mol. The lowest BCUT2D eigenvalue weighted by molar-refractivity contribution is -0.138. The van der Waals surface area contributed by atoms with Gasteiger partial charge in [-0.2, -0.15) is 0 Å². The van der Waals surface area contributed by atoms with Crippen LogP contribution in [0.25, 0.3) is 0 Å². The van der Waals surface area contributed by atoms with Gasteiger partial charge < -0.3 is 4.90 Å². The van der Waals surface area contributed by atoms with E-state index in [2.05, 4.69) is 71.3 Å². The van der Waals surface area contributed by atoms with Gasteiger partial charge in [0, 0.05) is 26.2 Å². The van der Waals surface area contributed by atoms with E-state index in [0.717, 1.165) is 71.2 Å². The van der Waals surface area contributed by atoms with Crippen molar-refractivity contribution in [3.63, 3.8) is 0 Å². The van der Waals surface area contributed by atoms with Crippen LogP contribution in [0.1, 0.15) is 49.3 Å². The van der Waals surface area contributed by atoms with E-state index in [1.807, 2.05) is 0 Å². The van der Waals surface area contributed by atoms with Crippen molar-refractivity contribution in [1.82, 2.24) is 9.80 Å². The zero-order valence-electron chi connectivity index (χ0n) is 18.4. The van der Waals surface area contributed by atoms with Crippen molar-refractivity contribution in [2.24, 2.45) is 11.8 Å². The zero-order chi connectivity index (χ0) is 20.8. The van der Waals surface area contributed by atoms with Crippen molar-refractivity contribution in [2.75, 3.05) is 26.2 Å². The lowest BCUT2D eigenvalue weighted by Gasteiger charge is -2.38. The number of amides is 1. The highest BCUT2D eigenvalue weighted by Crippen LogP contribution is 2.26. The van der Waals surface area contributed by atoms with E-state index in [9.17, 15) is 4.79 Å². The Hall–Kier alpha value is -2.13. The smallest absolute Gasteiger partial charge is 0.226 e. The van der Waals surface area contributed by atoms with Gasteiger partial charge in [-0.05, 0) is 67.7 Å². The molecule has 2 saturated heterocycles. The quantitative estimate of drug-likeness (QED) is 0.681. The highest BCUT2D eigenvalue weighted by atomic mass is 16.2. The molecule has 2 fully saturated rings. The molecule has 0 aromatic heterocycles. The summed E-state index contributed by atoms with van der Waals surface area (Å²) in [5, 5.41) is 0. The molecule has 2 aromatic carbocycles. The van der Waals surface area contributed by atoms with Gasteiger partial charge in [-0.25, -0.2) is 0 Å². The van der Waals surface area contributed by atoms with Crippen LogP contribution in [0, 0.1) is 11.8 Å². The Morgan fingerprint density at radius 2 is 1.57 bits per heavy atom. The molecule has 0 saturated carbocycles. The van der Waals surface area contributed by atoms with E-state index in [0.29, 0.717) is 11.8 Å². The van der Waals surface area contributed by atoms with Gasteiger partial charge in [0.25, 0.3) is 0 Å². The van der Waals surface area contributed by atoms with Crippen molar-refractivity contribution in [1.29, 1.82) is 0 Å². The predicted octanol–water partition coefficient (Wildman–Crippen LogP) is 4.94. The summed E-state index contributed by atoms with van der Waals surface area (Å²) in [6, 6.07) is 19.8. The second-order valence-electron chi connectivity index (χ2n) is 9.20. The van der Waals surface area contributed by atoms with Gasteiger partial charge in [-0.1, -0.05) is 61.5 Å². The number of aryl methyl sites for hydroxylation is 1. The van der Waals surface area contributed by atoms with Crippen LogP contribution in [0.2, 0.25) is 0 Å². The number of hydrogen-bond acceptors (Lipinski definition) is 2. The average Bonchev–Trinajstić information content (AvgIpc) is 2.80. The molecular formula is C27H36N2O. The highest BCUT2D eigenvalue weighted by molar-refractivity contribution is 5.79. The SMILES string of the molecule is CCc1ccc(CN2CCC[C@@H](C(=O)N3CCC(Cc4ccccc4)CC3)C2)cc1. The maximum Gasteiger partial charge on any atom is 0.226 e. The van der Waals surface area contributed by atoms with Crippen LogP contribution in [0.5, 0.6) is 0 Å². The van der Waals surface area contributed by atoms with Crippen LogP contribution >= 0.6 is 0 Å². The molecule has 0 aliphatic carbocycles. The molecule has 2 aliphatic rings. The molecule has 3 nitrogen and oxygen atoms in total. The van der Waals surface area contributed by atoms with E-state index in [1.165, 1.54) is 16.7 Å². The van der Waals surface area contributed by atoms with E-state index in [1.54, 1.807) is 0 Å². The first-order chi connectivity index (χ1) is 14.7. The van der Waals surface area contributed by atoms with E-state index >= 15 is 0 Å². The Bertz CT molecular complexity index is 793. The summed E-state index contributed by atoms with van der Waals surface area (Å²) in [5.41, 5.74) is 4.18. The van der Waals surface area contributed by atoms with Crippen LogP contribution in [0.4, 0.5) is 0 Å². The van der Waals surface area contributed by atoms with Crippen molar-refractivity contribution in [3.05, 3.63) is 71.3 Å². The summed E-state index contributed by atoms with van der Waals surface area (Å²) in [7, 11) is 0. The van der Waals surface area contributed by atoms with Crippen molar-refractivity contribution in [3.8, 4) is 0 Å². The molecule has 2 aliphatic heterocycles. The van der Waals surface area contributed by atoms with Crippen molar-refractivity contribution in [2.45, 2.75) is 52.0 Å². The molecule has 0 radical (unpaired) electrons. The maximum atomic E-state index is 13.2. The summed E-state index contributed by atoms with van der Waals surface area (Å²) in [6.07, 6.45) is 6.70. The molecule has 4 rings (SSSR count). The summed E-state index contributed by atoms with van der Waals surface area (Å²) in [6.45, 7) is 7.06. The van der Waals surface area contributed by atoms with E-state index < -0.39 is 0 Å². The minimum absolute atomic E-state index is 0.180. The number of rotatable bonds is 6. The van der Waals surface area contributed by atoms with Crippen LogP contribution in [0.3, 0.4) is 0 Å². The Labute approximate surface area is 182 Å². The molecule has 0 unspecified atom stereocenters. The Morgan fingerprint density at radius 3 is 2.27 bits per heavy atom. The number of likely N-dealkylation sites (tertiary alicyclic amines) is 2. The molecule has 0 spiro atoms. The summed E-state index contributed by atoms with van der Waals surface area (Å²) >= 11 is 0. The van der Waals surface area contributed by atoms with Gasteiger partial charge in [0.15, 0.2) is 0 Å². The van der Waals surface area contributed by atoms with Crippen LogP contribution < -0.4 is 0 Å². The average molecular weight is 405 g/mol. The fourth-order valence-corrected chi connectivity index (χ4v) is 5.10. The number of benzene rings is 2. The second kappa shape index (κ2) is 10.3. The maximum absolute atomic E-state index is 13.2. The van der Waals surface area contributed by atoms with E-state index in [4.69, 9.17) is 0 Å². The highest BCUT2D eigenvalue weighted by Gasteiger charge is 2.31. The normalized spacial score (nSPS) is 21.0. The van der Waals surface area contributed by atoms with Gasteiger partial charge in [0.1, 0.15) is 0 Å². The summed E-state index contributed by atoms with van der Waals surface area (Å²) in [5.74, 6) is 1.30. The van der Waals surface area contributed by atoms with Gasteiger partial charge >= 0.3 is 0 Å². The van der Waals surface area contributed by atoms with Gasteiger partial charge in [0.2, 0.25) is 5.91 Å². The van der Waals surface area contributed by atoms with Crippen LogP contribution in [-0.2, 0) is 24.2 Å². The number of piperidine rings is 2. The molecule has 30 heavy (non-hydrogen) atoms. The predicted molar refractivity (Wildman–Crippen MR) is 123 cm³/mol. The van der Waals surface area contributed by atoms with Crippen LogP contribution in [-0.4, -0.2) is 41.9 Å². The molecule has 0 bridgehead atoms. The second-order valence-corrected chi connectivity index (χ2v) is 9.20. The van der Waals surface area contributed by atoms with Crippen molar-refractivity contribution >= 4 is 5.91 Å². The zero-order valence-corrected chi connectivity index (χ0v) is 18.4. The molecule has 160 valence electrons. The minimum atomic E-state index is 0.180. The molecule has 2 aromatic rings. The number of carbonyl (C=O) groups excluding carboxylic acids is 1. The van der Waals surface area contributed by atoms with E-state index in [-0.39, 0.29) is 5.92 Å². The fraction of sp³-hybridized carbons (Fsp3) is 0.519. The molecule has 2 heterocycles. The van der Waals surface area contributed by atoms with Gasteiger partial charge in [0.05, 0.1) is 5.92 Å². The largest absolute Gasteiger partial charge is 0.342 e. The molecule has 1 amide bonds. The molecule has 3 heteroatoms. The molecule has 1 atom stereocenters. The first-order valence-electron chi connectivity index (χ1n) is 11.8. The first kappa shape index (κ1) is 21.1. The minimum Gasteiger partial charge on any atom is -0.342 e.